The second-order valence-electron chi connectivity index (χ2n) is 7.06. The van der Waals surface area contributed by atoms with E-state index in [9.17, 15) is 14.4 Å². The first-order chi connectivity index (χ1) is 13.5. The molecule has 1 fully saturated rings. The molecule has 1 aromatic rings. The number of allylic oxidation sites excluding steroid dienone is 2. The molecule has 2 heterocycles. The predicted octanol–water partition coefficient (Wildman–Crippen LogP) is 2.59. The van der Waals surface area contributed by atoms with E-state index in [2.05, 4.69) is 0 Å². The van der Waals surface area contributed by atoms with Gasteiger partial charge in [-0.25, -0.2) is 0 Å². The van der Waals surface area contributed by atoms with Gasteiger partial charge in [-0.3, -0.25) is 19.3 Å². The third-order valence-corrected chi connectivity index (χ3v) is 5.50. The minimum Gasteiger partial charge on any atom is -0.467 e. The number of hydrogen-bond donors (Lipinski definition) is 0. The molecule has 4 rings (SSSR count). The second kappa shape index (κ2) is 7.93. The van der Waals surface area contributed by atoms with Gasteiger partial charge in [0.25, 0.3) is 0 Å². The Kier molecular flexibility index (Phi) is 5.37. The number of imide groups is 1. The summed E-state index contributed by atoms with van der Waals surface area (Å²) >= 11 is 6.10. The zero-order valence-corrected chi connectivity index (χ0v) is 15.9. The van der Waals surface area contributed by atoms with Crippen LogP contribution in [0.4, 0.5) is 0 Å². The lowest BCUT2D eigenvalue weighted by atomic mass is 9.85. The van der Waals surface area contributed by atoms with Crippen molar-refractivity contribution in [3.63, 3.8) is 0 Å². The number of amides is 2. The van der Waals surface area contributed by atoms with Gasteiger partial charge in [-0.05, 0) is 25.0 Å². The molecule has 1 aromatic carbocycles. The van der Waals surface area contributed by atoms with E-state index in [1.54, 1.807) is 12.1 Å². The average Bonchev–Trinajstić information content (AvgIpc) is 2.95. The van der Waals surface area contributed by atoms with Gasteiger partial charge in [0, 0.05) is 22.7 Å². The summed E-state index contributed by atoms with van der Waals surface area (Å²) in [5.41, 5.74) is 1.46. The zero-order chi connectivity index (χ0) is 19.7. The second-order valence-corrected chi connectivity index (χ2v) is 7.49. The van der Waals surface area contributed by atoms with Crippen molar-refractivity contribution in [2.24, 2.45) is 11.8 Å². The fraction of sp³-hybridized carbons (Fsp3) is 0.450. The van der Waals surface area contributed by atoms with E-state index in [1.165, 1.54) is 4.90 Å². The first kappa shape index (κ1) is 19.0. The summed E-state index contributed by atoms with van der Waals surface area (Å²) in [6.45, 7) is 0.555. The summed E-state index contributed by atoms with van der Waals surface area (Å²) in [5.74, 6) is -0.829. The molecule has 7 nitrogen and oxygen atoms in total. The number of likely N-dealkylation sites (tertiary alicyclic amines) is 1. The number of halogens is 1. The van der Waals surface area contributed by atoms with Gasteiger partial charge in [-0.1, -0.05) is 23.8 Å². The molecule has 2 amide bonds. The lowest BCUT2D eigenvalue weighted by Gasteiger charge is -2.21. The highest BCUT2D eigenvalue weighted by molar-refractivity contribution is 6.30. The molecule has 0 radical (unpaired) electrons. The molecule has 0 saturated carbocycles. The van der Waals surface area contributed by atoms with Crippen LogP contribution in [-0.4, -0.2) is 36.0 Å². The summed E-state index contributed by atoms with van der Waals surface area (Å²) in [7, 11) is 0. The van der Waals surface area contributed by atoms with Gasteiger partial charge in [-0.2, -0.15) is 0 Å². The largest absolute Gasteiger partial charge is 0.467 e. The van der Waals surface area contributed by atoms with E-state index in [1.807, 2.05) is 12.2 Å². The van der Waals surface area contributed by atoms with Gasteiger partial charge < -0.3 is 14.2 Å². The summed E-state index contributed by atoms with van der Waals surface area (Å²) in [6.07, 6.45) is 4.99. The maximum atomic E-state index is 12.4. The Bertz CT molecular complexity index is 825. The summed E-state index contributed by atoms with van der Waals surface area (Å²) in [6, 6.07) is 3.43. The van der Waals surface area contributed by atoms with Crippen LogP contribution in [0.2, 0.25) is 5.02 Å². The molecule has 0 bridgehead atoms. The molecule has 148 valence electrons. The Labute approximate surface area is 167 Å². The van der Waals surface area contributed by atoms with Gasteiger partial charge in [0.2, 0.25) is 11.8 Å². The molecule has 0 N–H and O–H groups in total. The van der Waals surface area contributed by atoms with Crippen molar-refractivity contribution in [1.29, 1.82) is 0 Å². The first-order valence-corrected chi connectivity index (χ1v) is 9.60. The average molecular weight is 406 g/mol. The lowest BCUT2D eigenvalue weighted by molar-refractivity contribution is -0.146. The normalized spacial score (nSPS) is 23.2. The summed E-state index contributed by atoms with van der Waals surface area (Å²) in [5, 5.41) is 0.503. The van der Waals surface area contributed by atoms with Crippen LogP contribution in [0.25, 0.3) is 0 Å². The van der Waals surface area contributed by atoms with Crippen molar-refractivity contribution in [3.05, 3.63) is 40.4 Å². The third-order valence-electron chi connectivity index (χ3n) is 5.28. The molecule has 0 aromatic heterocycles. The highest BCUT2D eigenvalue weighted by Gasteiger charge is 2.46. The van der Waals surface area contributed by atoms with Gasteiger partial charge >= 0.3 is 5.97 Å². The molecule has 0 spiro atoms. The van der Waals surface area contributed by atoms with Crippen molar-refractivity contribution >= 4 is 29.4 Å². The first-order valence-electron chi connectivity index (χ1n) is 9.22. The minimum absolute atomic E-state index is 0.00120. The number of esters is 1. The van der Waals surface area contributed by atoms with Crippen molar-refractivity contribution < 1.29 is 28.6 Å². The van der Waals surface area contributed by atoms with Crippen LogP contribution < -0.4 is 4.74 Å². The molecular weight excluding hydrogens is 386 g/mol. The van der Waals surface area contributed by atoms with Crippen molar-refractivity contribution in [1.82, 2.24) is 4.90 Å². The summed E-state index contributed by atoms with van der Waals surface area (Å²) in [4.78, 5) is 38.2. The Balaban J connectivity index is 1.33. The lowest BCUT2D eigenvalue weighted by Crippen LogP contribution is -2.33. The topological polar surface area (TPSA) is 82.1 Å². The number of hydrogen-bond acceptors (Lipinski definition) is 6. The van der Waals surface area contributed by atoms with Crippen LogP contribution in [-0.2, 0) is 37.1 Å². The fourth-order valence-corrected chi connectivity index (χ4v) is 4.15. The van der Waals surface area contributed by atoms with Gasteiger partial charge in [0.1, 0.15) is 12.4 Å². The minimum atomic E-state index is -0.491. The Morgan fingerprint density at radius 3 is 2.61 bits per heavy atom. The number of carbonyl (C=O) groups is 3. The molecule has 28 heavy (non-hydrogen) atoms. The number of benzene rings is 1. The van der Waals surface area contributed by atoms with Crippen LogP contribution in [0.1, 0.15) is 30.4 Å². The molecular formula is C20H20ClNO6. The molecule has 1 aliphatic carbocycles. The van der Waals surface area contributed by atoms with Crippen molar-refractivity contribution in [2.75, 3.05) is 13.3 Å². The number of rotatable bonds is 5. The standard InChI is InChI=1S/C20H20ClNO6/c21-14-7-12-9-26-11-28-18(12)13(8-14)10-27-17(23)5-6-22-19(24)15-3-1-2-4-16(15)20(22)25/h1-2,7-8,15-16H,3-6,9-11H2/t15-,16+. The number of carbonyl (C=O) groups excluding carboxylic acids is 3. The molecule has 0 unspecified atom stereocenters. The molecule has 3 aliphatic rings. The number of nitrogens with zero attached hydrogens (tertiary/aromatic N) is 1. The smallest absolute Gasteiger partial charge is 0.307 e. The van der Waals surface area contributed by atoms with E-state index >= 15 is 0 Å². The fourth-order valence-electron chi connectivity index (χ4n) is 3.89. The zero-order valence-electron chi connectivity index (χ0n) is 15.2. The van der Waals surface area contributed by atoms with Crippen LogP contribution in [0.3, 0.4) is 0 Å². The van der Waals surface area contributed by atoms with Gasteiger partial charge in [-0.15, -0.1) is 0 Å². The quantitative estimate of drug-likeness (QED) is 0.425. The van der Waals surface area contributed by atoms with Gasteiger partial charge in [0.15, 0.2) is 6.79 Å². The summed E-state index contributed by atoms with van der Waals surface area (Å²) < 4.78 is 16.0. The third kappa shape index (κ3) is 3.64. The predicted molar refractivity (Wildman–Crippen MR) is 98.2 cm³/mol. The highest BCUT2D eigenvalue weighted by atomic mass is 35.5. The molecule has 1 saturated heterocycles. The Morgan fingerprint density at radius 2 is 1.89 bits per heavy atom. The maximum Gasteiger partial charge on any atom is 0.307 e. The van der Waals surface area contributed by atoms with Crippen LogP contribution in [0, 0.1) is 11.8 Å². The Hall–Kier alpha value is -2.38. The Morgan fingerprint density at radius 1 is 1.18 bits per heavy atom. The SMILES string of the molecule is O=C(CCN1C(=O)[C@H]2CC=CC[C@H]2C1=O)OCc1cc(Cl)cc2c1OCOC2. The van der Waals surface area contributed by atoms with Crippen molar-refractivity contribution in [2.45, 2.75) is 32.5 Å². The van der Waals surface area contributed by atoms with E-state index in [-0.39, 0.29) is 50.0 Å². The van der Waals surface area contributed by atoms with Crippen LogP contribution >= 0.6 is 11.6 Å². The van der Waals surface area contributed by atoms with E-state index in [0.29, 0.717) is 35.8 Å². The maximum absolute atomic E-state index is 12.4. The molecule has 2 atom stereocenters. The highest BCUT2D eigenvalue weighted by Crippen LogP contribution is 2.35. The van der Waals surface area contributed by atoms with Crippen molar-refractivity contribution in [3.8, 4) is 5.75 Å². The monoisotopic (exact) mass is 405 g/mol. The van der Waals surface area contributed by atoms with Crippen LogP contribution in [0.15, 0.2) is 24.3 Å². The molecule has 8 heteroatoms. The van der Waals surface area contributed by atoms with Crippen LogP contribution in [0.5, 0.6) is 5.75 Å². The van der Waals surface area contributed by atoms with E-state index < -0.39 is 5.97 Å². The number of fused-ring (bicyclic) bond motifs is 2. The van der Waals surface area contributed by atoms with Gasteiger partial charge in [0.05, 0.1) is 24.9 Å². The van der Waals surface area contributed by atoms with E-state index in [4.69, 9.17) is 25.8 Å². The number of ether oxygens (including phenoxy) is 3. The molecule has 2 aliphatic heterocycles. The van der Waals surface area contributed by atoms with E-state index in [0.717, 1.165) is 5.56 Å².